The van der Waals surface area contributed by atoms with E-state index in [1.807, 2.05) is 6.07 Å². The first-order valence-corrected chi connectivity index (χ1v) is 12.6. The van der Waals surface area contributed by atoms with E-state index in [0.29, 0.717) is 28.5 Å². The van der Waals surface area contributed by atoms with Crippen LogP contribution in [-0.4, -0.2) is 33.1 Å². The molecule has 0 spiro atoms. The highest BCUT2D eigenvalue weighted by atomic mass is 35.5. The SMILES string of the molecule is O=C(NC1NNC2CCC(c3nnn(Cc4ccccc4)c3C3CC3)CC21)c1cccc(Cl)c1. The highest BCUT2D eigenvalue weighted by molar-refractivity contribution is 6.30. The zero-order valence-corrected chi connectivity index (χ0v) is 19.7. The van der Waals surface area contributed by atoms with Crippen molar-refractivity contribution in [2.45, 2.75) is 62.7 Å². The summed E-state index contributed by atoms with van der Waals surface area (Å²) in [5, 5.41) is 13.1. The van der Waals surface area contributed by atoms with Gasteiger partial charge >= 0.3 is 0 Å². The number of benzene rings is 2. The van der Waals surface area contributed by atoms with Gasteiger partial charge in [0.2, 0.25) is 0 Å². The zero-order valence-electron chi connectivity index (χ0n) is 19.0. The van der Waals surface area contributed by atoms with Crippen LogP contribution in [0.5, 0.6) is 0 Å². The number of hydrogen-bond donors (Lipinski definition) is 3. The van der Waals surface area contributed by atoms with Crippen molar-refractivity contribution in [3.8, 4) is 0 Å². The summed E-state index contributed by atoms with van der Waals surface area (Å²) in [4.78, 5) is 12.8. The predicted octanol–water partition coefficient (Wildman–Crippen LogP) is 3.97. The first kappa shape index (κ1) is 21.8. The molecule has 0 radical (unpaired) electrons. The van der Waals surface area contributed by atoms with Gasteiger partial charge in [-0.05, 0) is 55.9 Å². The molecule has 3 aliphatic rings. The number of rotatable bonds is 6. The largest absolute Gasteiger partial charge is 0.335 e. The zero-order chi connectivity index (χ0) is 23.1. The molecule has 3 fully saturated rings. The van der Waals surface area contributed by atoms with Gasteiger partial charge in [0.1, 0.15) is 0 Å². The van der Waals surface area contributed by atoms with Gasteiger partial charge in [-0.15, -0.1) is 5.10 Å². The number of fused-ring (bicyclic) bond motifs is 1. The quantitative estimate of drug-likeness (QED) is 0.501. The van der Waals surface area contributed by atoms with Gasteiger partial charge in [-0.1, -0.05) is 53.2 Å². The second-order valence-electron chi connectivity index (χ2n) is 9.81. The molecule has 2 aromatic carbocycles. The van der Waals surface area contributed by atoms with E-state index in [1.165, 1.54) is 29.8 Å². The number of nitrogens with one attached hydrogen (secondary N) is 3. The van der Waals surface area contributed by atoms with Crippen LogP contribution >= 0.6 is 11.6 Å². The van der Waals surface area contributed by atoms with Crippen molar-refractivity contribution in [3.05, 3.63) is 82.1 Å². The van der Waals surface area contributed by atoms with Gasteiger partial charge in [-0.25, -0.2) is 10.1 Å². The lowest BCUT2D eigenvalue weighted by atomic mass is 9.75. The Morgan fingerprint density at radius 1 is 1.03 bits per heavy atom. The van der Waals surface area contributed by atoms with Crippen molar-refractivity contribution >= 4 is 17.5 Å². The number of hydrazine groups is 1. The monoisotopic (exact) mass is 476 g/mol. The number of amides is 1. The van der Waals surface area contributed by atoms with E-state index in [0.717, 1.165) is 25.8 Å². The molecule has 1 saturated heterocycles. The van der Waals surface area contributed by atoms with Crippen LogP contribution in [0.4, 0.5) is 0 Å². The van der Waals surface area contributed by atoms with Crippen LogP contribution in [0.2, 0.25) is 5.02 Å². The van der Waals surface area contributed by atoms with Crippen LogP contribution in [0, 0.1) is 5.92 Å². The summed E-state index contributed by atoms with van der Waals surface area (Å²) in [7, 11) is 0. The Kier molecular flexibility index (Phi) is 5.85. The maximum atomic E-state index is 12.8. The van der Waals surface area contributed by atoms with Gasteiger partial charge in [0.25, 0.3) is 5.91 Å². The van der Waals surface area contributed by atoms with Crippen molar-refractivity contribution < 1.29 is 4.79 Å². The summed E-state index contributed by atoms with van der Waals surface area (Å²) < 4.78 is 2.12. The topological polar surface area (TPSA) is 83.9 Å². The molecule has 1 amide bonds. The molecule has 0 bridgehead atoms. The minimum Gasteiger partial charge on any atom is -0.335 e. The maximum Gasteiger partial charge on any atom is 0.252 e. The van der Waals surface area contributed by atoms with E-state index in [4.69, 9.17) is 16.7 Å². The summed E-state index contributed by atoms with van der Waals surface area (Å²) in [5.41, 5.74) is 11.0. The number of carbonyl (C=O) groups excluding carboxylic acids is 1. The molecule has 4 atom stereocenters. The number of carbonyl (C=O) groups is 1. The molecule has 2 heterocycles. The van der Waals surface area contributed by atoms with Crippen LogP contribution in [0.15, 0.2) is 54.6 Å². The third-order valence-electron chi connectivity index (χ3n) is 7.45. The van der Waals surface area contributed by atoms with Crippen LogP contribution < -0.4 is 16.2 Å². The van der Waals surface area contributed by atoms with E-state index in [2.05, 4.69) is 50.3 Å². The summed E-state index contributed by atoms with van der Waals surface area (Å²) in [5.74, 6) is 1.10. The molecule has 8 heteroatoms. The Balaban J connectivity index is 1.19. The van der Waals surface area contributed by atoms with E-state index in [9.17, 15) is 4.79 Å². The van der Waals surface area contributed by atoms with E-state index in [1.54, 1.807) is 24.3 Å². The molecule has 2 aliphatic carbocycles. The van der Waals surface area contributed by atoms with Gasteiger partial charge in [0.05, 0.1) is 24.1 Å². The maximum absolute atomic E-state index is 12.8. The van der Waals surface area contributed by atoms with Crippen molar-refractivity contribution in [3.63, 3.8) is 0 Å². The average Bonchev–Trinajstić information content (AvgIpc) is 3.50. The highest BCUT2D eigenvalue weighted by Crippen LogP contribution is 2.46. The number of nitrogens with zero attached hydrogens (tertiary/aromatic N) is 3. The first-order chi connectivity index (χ1) is 16.7. The summed E-state index contributed by atoms with van der Waals surface area (Å²) in [6.45, 7) is 0.764. The van der Waals surface area contributed by atoms with Gasteiger partial charge in [-0.2, -0.15) is 0 Å². The lowest BCUT2D eigenvalue weighted by molar-refractivity contribution is 0.0914. The molecule has 6 rings (SSSR count). The van der Waals surface area contributed by atoms with Gasteiger partial charge < -0.3 is 5.32 Å². The molecular formula is C26H29ClN6O. The average molecular weight is 477 g/mol. The molecule has 3 aromatic rings. The fourth-order valence-electron chi connectivity index (χ4n) is 5.58. The molecule has 1 aromatic heterocycles. The van der Waals surface area contributed by atoms with Gasteiger partial charge in [0.15, 0.2) is 0 Å². The Bertz CT molecular complexity index is 1180. The fourth-order valence-corrected chi connectivity index (χ4v) is 5.77. The normalized spacial score (nSPS) is 26.3. The van der Waals surface area contributed by atoms with Gasteiger partial charge in [0, 0.05) is 34.4 Å². The van der Waals surface area contributed by atoms with Crippen molar-refractivity contribution in [2.75, 3.05) is 0 Å². The molecule has 34 heavy (non-hydrogen) atoms. The highest BCUT2D eigenvalue weighted by Gasteiger charge is 2.44. The molecule has 1 aliphatic heterocycles. The summed E-state index contributed by atoms with van der Waals surface area (Å²) in [6.07, 6.45) is 5.39. The fraction of sp³-hybridized carbons (Fsp3) is 0.423. The molecule has 3 N–H and O–H groups in total. The lowest BCUT2D eigenvalue weighted by Crippen LogP contribution is -2.47. The molecule has 176 valence electrons. The van der Waals surface area contributed by atoms with Gasteiger partial charge in [-0.3, -0.25) is 10.2 Å². The minimum atomic E-state index is -0.136. The second kappa shape index (κ2) is 9.13. The van der Waals surface area contributed by atoms with Crippen LogP contribution in [0.3, 0.4) is 0 Å². The van der Waals surface area contributed by atoms with E-state index in [-0.39, 0.29) is 18.0 Å². The van der Waals surface area contributed by atoms with E-state index >= 15 is 0 Å². The van der Waals surface area contributed by atoms with Crippen LogP contribution in [-0.2, 0) is 6.54 Å². The molecule has 4 unspecified atom stereocenters. The lowest BCUT2D eigenvalue weighted by Gasteiger charge is -2.33. The Morgan fingerprint density at radius 2 is 1.85 bits per heavy atom. The Hall–Kier alpha value is -2.74. The van der Waals surface area contributed by atoms with Crippen molar-refractivity contribution in [1.82, 2.24) is 31.2 Å². The summed E-state index contributed by atoms with van der Waals surface area (Å²) >= 11 is 6.08. The van der Waals surface area contributed by atoms with Crippen LogP contribution in [0.1, 0.15) is 71.2 Å². The standard InChI is InChI=1S/C26H29ClN6O/c27-20-8-4-7-19(13-20)26(34)28-25-21-14-18(11-12-22(21)29-31-25)23-24(17-9-10-17)33(32-30-23)15-16-5-2-1-3-6-16/h1-8,13,17-18,21-22,25,29,31H,9-12,14-15H2,(H,28,34). The third-order valence-corrected chi connectivity index (χ3v) is 7.69. The number of hydrogen-bond acceptors (Lipinski definition) is 5. The first-order valence-electron chi connectivity index (χ1n) is 12.2. The van der Waals surface area contributed by atoms with E-state index < -0.39 is 0 Å². The summed E-state index contributed by atoms with van der Waals surface area (Å²) in [6, 6.07) is 17.9. The number of aromatic nitrogens is 3. The second-order valence-corrected chi connectivity index (χ2v) is 10.2. The van der Waals surface area contributed by atoms with Crippen LogP contribution in [0.25, 0.3) is 0 Å². The number of halogens is 1. The third kappa shape index (κ3) is 4.35. The molecule has 2 saturated carbocycles. The van der Waals surface area contributed by atoms with Crippen molar-refractivity contribution in [2.24, 2.45) is 5.92 Å². The Morgan fingerprint density at radius 3 is 2.65 bits per heavy atom. The predicted molar refractivity (Wildman–Crippen MR) is 130 cm³/mol. The smallest absolute Gasteiger partial charge is 0.252 e. The Labute approximate surface area is 204 Å². The van der Waals surface area contributed by atoms with Crippen molar-refractivity contribution in [1.29, 1.82) is 0 Å². The molecular weight excluding hydrogens is 448 g/mol. The molecule has 7 nitrogen and oxygen atoms in total. The minimum absolute atomic E-state index is 0.114.